The Kier molecular flexibility index (Phi) is 4.70. The third kappa shape index (κ3) is 3.06. The molecular weight excluding hydrogens is 306 g/mol. The van der Waals surface area contributed by atoms with Crippen molar-refractivity contribution in [1.82, 2.24) is 14.8 Å². The maximum atomic E-state index is 12.4. The highest BCUT2D eigenvalue weighted by Crippen LogP contribution is 2.25. The predicted octanol–water partition coefficient (Wildman–Crippen LogP) is 1.74. The standard InChI is InChI=1S/C14H17N3O4S/c1-5-21-9(19)6-17-14(20)12-11(10(16-17)7(2)3)15-13(22-12)8(4)18/h7H,5-6H2,1-4H3. The van der Waals surface area contributed by atoms with Crippen molar-refractivity contribution in [3.05, 3.63) is 21.1 Å². The highest BCUT2D eigenvalue weighted by molar-refractivity contribution is 7.20. The Balaban J connectivity index is 2.64. The van der Waals surface area contributed by atoms with E-state index in [9.17, 15) is 14.4 Å². The van der Waals surface area contributed by atoms with Crippen LogP contribution in [-0.4, -0.2) is 33.1 Å². The lowest BCUT2D eigenvalue weighted by Crippen LogP contribution is -2.28. The third-order valence-electron chi connectivity index (χ3n) is 2.96. The van der Waals surface area contributed by atoms with E-state index in [1.165, 1.54) is 6.92 Å². The molecule has 0 radical (unpaired) electrons. The molecule has 0 unspecified atom stereocenters. The number of hydrogen-bond donors (Lipinski definition) is 0. The second-order valence-corrected chi connectivity index (χ2v) is 6.06. The van der Waals surface area contributed by atoms with Gasteiger partial charge in [-0.25, -0.2) is 9.67 Å². The highest BCUT2D eigenvalue weighted by atomic mass is 32.1. The van der Waals surface area contributed by atoms with Crippen LogP contribution in [-0.2, 0) is 16.1 Å². The predicted molar refractivity (Wildman–Crippen MR) is 82.4 cm³/mol. The zero-order valence-corrected chi connectivity index (χ0v) is 13.7. The van der Waals surface area contributed by atoms with Gasteiger partial charge >= 0.3 is 5.97 Å². The number of hydrogen-bond acceptors (Lipinski definition) is 7. The van der Waals surface area contributed by atoms with Gasteiger partial charge in [0.1, 0.15) is 16.8 Å². The van der Waals surface area contributed by atoms with Gasteiger partial charge in [0.2, 0.25) is 0 Å². The number of carbonyl (C=O) groups is 2. The molecule has 22 heavy (non-hydrogen) atoms. The first-order chi connectivity index (χ1) is 10.3. The fraction of sp³-hybridized carbons (Fsp3) is 0.500. The maximum Gasteiger partial charge on any atom is 0.327 e. The van der Waals surface area contributed by atoms with Crippen LogP contribution in [0, 0.1) is 0 Å². The SMILES string of the molecule is CCOC(=O)Cn1nc(C(C)C)c2nc(C(C)=O)sc2c1=O. The number of nitrogens with zero attached hydrogens (tertiary/aromatic N) is 3. The monoisotopic (exact) mass is 323 g/mol. The van der Waals surface area contributed by atoms with Gasteiger partial charge in [-0.3, -0.25) is 14.4 Å². The number of ether oxygens (including phenoxy) is 1. The number of carbonyl (C=O) groups excluding carboxylic acids is 2. The minimum atomic E-state index is -0.525. The molecule has 118 valence electrons. The lowest BCUT2D eigenvalue weighted by Gasteiger charge is -2.09. The molecule has 8 heteroatoms. The molecular formula is C14H17N3O4S. The van der Waals surface area contributed by atoms with Crippen molar-refractivity contribution in [2.45, 2.75) is 40.2 Å². The zero-order chi connectivity index (χ0) is 16.4. The highest BCUT2D eigenvalue weighted by Gasteiger charge is 2.20. The van der Waals surface area contributed by atoms with Gasteiger partial charge in [0.25, 0.3) is 5.56 Å². The van der Waals surface area contributed by atoms with Gasteiger partial charge in [0.05, 0.1) is 12.3 Å². The lowest BCUT2D eigenvalue weighted by atomic mass is 10.1. The molecule has 0 saturated carbocycles. The molecule has 2 aromatic heterocycles. The largest absolute Gasteiger partial charge is 0.465 e. The van der Waals surface area contributed by atoms with E-state index >= 15 is 0 Å². The van der Waals surface area contributed by atoms with Gasteiger partial charge in [-0.2, -0.15) is 5.10 Å². The van der Waals surface area contributed by atoms with Crippen molar-refractivity contribution in [3.63, 3.8) is 0 Å². The van der Waals surface area contributed by atoms with E-state index in [4.69, 9.17) is 4.74 Å². The van der Waals surface area contributed by atoms with E-state index in [2.05, 4.69) is 10.1 Å². The second-order valence-electron chi connectivity index (χ2n) is 5.06. The number of ketones is 1. The summed E-state index contributed by atoms with van der Waals surface area (Å²) in [6.45, 7) is 6.90. The van der Waals surface area contributed by atoms with Crippen LogP contribution in [0.4, 0.5) is 0 Å². The van der Waals surface area contributed by atoms with E-state index in [1.807, 2.05) is 13.8 Å². The van der Waals surface area contributed by atoms with Crippen molar-refractivity contribution in [2.24, 2.45) is 0 Å². The minimum Gasteiger partial charge on any atom is -0.465 e. The average molecular weight is 323 g/mol. The Morgan fingerprint density at radius 2 is 2.05 bits per heavy atom. The van der Waals surface area contributed by atoms with Gasteiger partial charge in [0.15, 0.2) is 10.8 Å². The van der Waals surface area contributed by atoms with Crippen molar-refractivity contribution >= 4 is 33.3 Å². The Bertz CT molecular complexity index is 791. The van der Waals surface area contributed by atoms with Crippen molar-refractivity contribution in [2.75, 3.05) is 6.61 Å². The number of rotatable bonds is 5. The summed E-state index contributed by atoms with van der Waals surface area (Å²) in [6, 6.07) is 0. The third-order valence-corrected chi connectivity index (χ3v) is 4.10. The summed E-state index contributed by atoms with van der Waals surface area (Å²) < 4.78 is 6.27. The summed E-state index contributed by atoms with van der Waals surface area (Å²) in [6.07, 6.45) is 0. The van der Waals surface area contributed by atoms with Crippen LogP contribution in [0.15, 0.2) is 4.79 Å². The summed E-state index contributed by atoms with van der Waals surface area (Å²) in [4.78, 5) is 39.8. The molecule has 0 spiro atoms. The molecule has 2 heterocycles. The van der Waals surface area contributed by atoms with Crippen LogP contribution in [0.3, 0.4) is 0 Å². The first kappa shape index (κ1) is 16.3. The normalized spacial score (nSPS) is 11.1. The molecule has 2 aromatic rings. The minimum absolute atomic E-state index is 0.00143. The van der Waals surface area contributed by atoms with Crippen molar-refractivity contribution < 1.29 is 14.3 Å². The summed E-state index contributed by atoms with van der Waals surface area (Å²) in [5, 5.41) is 4.50. The van der Waals surface area contributed by atoms with Gasteiger partial charge < -0.3 is 4.74 Å². The van der Waals surface area contributed by atoms with Crippen LogP contribution in [0.2, 0.25) is 0 Å². The molecule has 0 N–H and O–H groups in total. The van der Waals surface area contributed by atoms with Crippen LogP contribution in [0.25, 0.3) is 10.2 Å². The number of Topliss-reactive ketones (excluding diaryl/α,β-unsaturated/α-hetero) is 1. The quantitative estimate of drug-likeness (QED) is 0.615. The number of aromatic nitrogens is 3. The van der Waals surface area contributed by atoms with Gasteiger partial charge in [-0.05, 0) is 12.8 Å². The Labute approximate surface area is 130 Å². The Morgan fingerprint density at radius 1 is 1.36 bits per heavy atom. The molecule has 0 aliphatic carbocycles. The molecule has 0 aliphatic heterocycles. The fourth-order valence-electron chi connectivity index (χ4n) is 1.95. The average Bonchev–Trinajstić information content (AvgIpc) is 2.87. The Hall–Kier alpha value is -2.09. The van der Waals surface area contributed by atoms with Crippen LogP contribution < -0.4 is 5.56 Å². The van der Waals surface area contributed by atoms with E-state index < -0.39 is 11.5 Å². The van der Waals surface area contributed by atoms with Crippen LogP contribution >= 0.6 is 11.3 Å². The van der Waals surface area contributed by atoms with Crippen LogP contribution in [0.5, 0.6) is 0 Å². The first-order valence-electron chi connectivity index (χ1n) is 6.93. The van der Waals surface area contributed by atoms with Gasteiger partial charge in [0, 0.05) is 6.92 Å². The van der Waals surface area contributed by atoms with Gasteiger partial charge in [-0.15, -0.1) is 11.3 Å². The molecule has 0 atom stereocenters. The summed E-state index contributed by atoms with van der Waals surface area (Å²) in [5.74, 6) is -0.729. The number of thiazole rings is 1. The molecule has 0 amide bonds. The number of fused-ring (bicyclic) bond motifs is 1. The zero-order valence-electron chi connectivity index (χ0n) is 12.9. The first-order valence-corrected chi connectivity index (χ1v) is 7.74. The van der Waals surface area contributed by atoms with E-state index in [0.29, 0.717) is 15.9 Å². The van der Waals surface area contributed by atoms with E-state index in [1.54, 1.807) is 6.92 Å². The fourth-order valence-corrected chi connectivity index (χ4v) is 2.87. The molecule has 0 fully saturated rings. The molecule has 7 nitrogen and oxygen atoms in total. The van der Waals surface area contributed by atoms with Gasteiger partial charge in [-0.1, -0.05) is 13.8 Å². The molecule has 2 rings (SSSR count). The Morgan fingerprint density at radius 3 is 2.59 bits per heavy atom. The summed E-state index contributed by atoms with van der Waals surface area (Å²) in [7, 11) is 0. The topological polar surface area (TPSA) is 91.2 Å². The second kappa shape index (κ2) is 6.35. The number of esters is 1. The molecule has 0 bridgehead atoms. The van der Waals surface area contributed by atoms with E-state index in [0.717, 1.165) is 16.0 Å². The van der Waals surface area contributed by atoms with Crippen LogP contribution in [0.1, 0.15) is 49.1 Å². The summed E-state index contributed by atoms with van der Waals surface area (Å²) in [5.41, 5.74) is 0.593. The molecule has 0 saturated heterocycles. The molecule has 0 aromatic carbocycles. The smallest absolute Gasteiger partial charge is 0.327 e. The van der Waals surface area contributed by atoms with Crippen molar-refractivity contribution in [1.29, 1.82) is 0 Å². The van der Waals surface area contributed by atoms with Crippen molar-refractivity contribution in [3.8, 4) is 0 Å². The summed E-state index contributed by atoms with van der Waals surface area (Å²) >= 11 is 1.03. The maximum absolute atomic E-state index is 12.4. The van der Waals surface area contributed by atoms with E-state index in [-0.39, 0.29) is 29.9 Å². The molecule has 0 aliphatic rings. The lowest BCUT2D eigenvalue weighted by molar-refractivity contribution is -0.144.